The van der Waals surface area contributed by atoms with Crippen LogP contribution < -0.4 is 10.6 Å². The van der Waals surface area contributed by atoms with E-state index in [1.54, 1.807) is 17.0 Å². The van der Waals surface area contributed by atoms with Gasteiger partial charge < -0.3 is 15.5 Å². The minimum Gasteiger partial charge on any atom is -0.338 e. The van der Waals surface area contributed by atoms with E-state index in [2.05, 4.69) is 10.6 Å². The lowest BCUT2D eigenvalue weighted by Crippen LogP contribution is -2.47. The van der Waals surface area contributed by atoms with E-state index in [-0.39, 0.29) is 33.5 Å². The van der Waals surface area contributed by atoms with Crippen molar-refractivity contribution in [2.24, 2.45) is 0 Å². The summed E-state index contributed by atoms with van der Waals surface area (Å²) in [6, 6.07) is 12.9. The number of urea groups is 1. The van der Waals surface area contributed by atoms with Gasteiger partial charge in [0.1, 0.15) is 0 Å². The molecule has 3 rings (SSSR count). The average molecular weight is 465 g/mol. The Morgan fingerprint density at radius 2 is 1.71 bits per heavy atom. The van der Waals surface area contributed by atoms with Crippen molar-refractivity contribution in [1.82, 2.24) is 14.5 Å². The van der Waals surface area contributed by atoms with Crippen LogP contribution in [0.2, 0.25) is 5.02 Å². The third kappa shape index (κ3) is 5.55. The van der Waals surface area contributed by atoms with Crippen molar-refractivity contribution in [2.75, 3.05) is 32.5 Å². The second kappa shape index (κ2) is 9.67. The summed E-state index contributed by atoms with van der Waals surface area (Å²) in [7, 11) is -0.824. The second-order valence-corrected chi connectivity index (χ2v) is 10.0. The summed E-state index contributed by atoms with van der Waals surface area (Å²) < 4.78 is 25.9. The summed E-state index contributed by atoms with van der Waals surface area (Å²) in [6.45, 7) is 0.853. The minimum atomic E-state index is -3.68. The highest BCUT2D eigenvalue weighted by molar-refractivity contribution is 7.89. The van der Waals surface area contributed by atoms with Crippen LogP contribution in [0.25, 0.3) is 0 Å². The van der Waals surface area contributed by atoms with Gasteiger partial charge in [-0.1, -0.05) is 29.8 Å². The number of para-hydroxylation sites is 1. The van der Waals surface area contributed by atoms with E-state index >= 15 is 0 Å². The number of likely N-dealkylation sites (tertiary alicyclic amines) is 1. The van der Waals surface area contributed by atoms with Gasteiger partial charge in [0.15, 0.2) is 0 Å². The number of rotatable bonds is 5. The fourth-order valence-electron chi connectivity index (χ4n) is 3.31. The van der Waals surface area contributed by atoms with Crippen LogP contribution in [0.15, 0.2) is 53.4 Å². The Balaban J connectivity index is 1.61. The molecule has 2 N–H and O–H groups in total. The number of nitrogens with zero attached hydrogens (tertiary/aromatic N) is 2. The van der Waals surface area contributed by atoms with E-state index in [0.717, 1.165) is 4.31 Å². The first-order chi connectivity index (χ1) is 14.7. The summed E-state index contributed by atoms with van der Waals surface area (Å²) in [4.78, 5) is 26.8. The monoisotopic (exact) mass is 464 g/mol. The molecule has 3 amide bonds. The number of amides is 3. The largest absolute Gasteiger partial charge is 0.338 e. The van der Waals surface area contributed by atoms with Gasteiger partial charge >= 0.3 is 6.03 Å². The summed E-state index contributed by atoms with van der Waals surface area (Å²) in [5.41, 5.74) is 0.854. The van der Waals surface area contributed by atoms with Crippen molar-refractivity contribution < 1.29 is 18.0 Å². The first-order valence-corrected chi connectivity index (χ1v) is 11.6. The number of anilines is 1. The fourth-order valence-corrected chi connectivity index (χ4v) is 4.44. The van der Waals surface area contributed by atoms with Crippen molar-refractivity contribution in [3.05, 3.63) is 59.1 Å². The molecule has 0 bridgehead atoms. The summed E-state index contributed by atoms with van der Waals surface area (Å²) in [5, 5.41) is 5.90. The molecule has 2 aromatic carbocycles. The highest BCUT2D eigenvalue weighted by Crippen LogP contribution is 2.25. The molecule has 1 aliphatic heterocycles. The zero-order chi connectivity index (χ0) is 22.6. The molecule has 166 valence electrons. The van der Waals surface area contributed by atoms with Gasteiger partial charge in [0, 0.05) is 38.9 Å². The fraction of sp³-hybridized carbons (Fsp3) is 0.333. The molecule has 1 heterocycles. The third-order valence-electron chi connectivity index (χ3n) is 5.10. The number of hydrogen-bond donors (Lipinski definition) is 2. The number of sulfonamides is 1. The van der Waals surface area contributed by atoms with Gasteiger partial charge in [-0.2, -0.15) is 0 Å². The van der Waals surface area contributed by atoms with Gasteiger partial charge in [0.2, 0.25) is 10.0 Å². The number of carbonyl (C=O) groups excluding carboxylic acids is 2. The molecule has 1 aliphatic rings. The van der Waals surface area contributed by atoms with Crippen LogP contribution in [0.1, 0.15) is 23.2 Å². The van der Waals surface area contributed by atoms with E-state index in [1.807, 2.05) is 18.2 Å². The Morgan fingerprint density at radius 3 is 2.32 bits per heavy atom. The molecule has 1 fully saturated rings. The minimum absolute atomic E-state index is 0.0133. The van der Waals surface area contributed by atoms with Gasteiger partial charge in [0.25, 0.3) is 5.91 Å². The topological polar surface area (TPSA) is 98.8 Å². The summed E-state index contributed by atoms with van der Waals surface area (Å²) in [6.07, 6.45) is 1.17. The smallest absolute Gasteiger partial charge is 0.319 e. The lowest BCUT2D eigenvalue weighted by atomic mass is 10.0. The average Bonchev–Trinajstić information content (AvgIpc) is 2.74. The molecule has 0 saturated carbocycles. The molecule has 1 saturated heterocycles. The Kier molecular flexibility index (Phi) is 7.19. The van der Waals surface area contributed by atoms with Gasteiger partial charge in [-0.25, -0.2) is 17.5 Å². The lowest BCUT2D eigenvalue weighted by molar-refractivity contribution is 0.0709. The zero-order valence-corrected chi connectivity index (χ0v) is 18.9. The maximum absolute atomic E-state index is 13.0. The maximum Gasteiger partial charge on any atom is 0.319 e. The molecular weight excluding hydrogens is 440 g/mol. The molecule has 0 radical (unpaired) electrons. The van der Waals surface area contributed by atoms with Crippen molar-refractivity contribution in [3.8, 4) is 0 Å². The van der Waals surface area contributed by atoms with Crippen molar-refractivity contribution in [3.63, 3.8) is 0 Å². The molecule has 31 heavy (non-hydrogen) atoms. The van der Waals surface area contributed by atoms with E-state index in [0.29, 0.717) is 31.6 Å². The standard InChI is InChI=1S/C21H25ClN4O4S/c1-25(2)31(29,30)17-8-9-19(22)18(14-17)20(27)26-12-10-16(11-13-26)24-21(28)23-15-6-4-3-5-7-15/h3-9,14,16H,10-13H2,1-2H3,(H2,23,24,28). The molecule has 0 aliphatic carbocycles. The van der Waals surface area contributed by atoms with E-state index in [9.17, 15) is 18.0 Å². The maximum atomic E-state index is 13.0. The van der Waals surface area contributed by atoms with Crippen LogP contribution >= 0.6 is 11.6 Å². The molecule has 0 unspecified atom stereocenters. The number of hydrogen-bond acceptors (Lipinski definition) is 4. The van der Waals surface area contributed by atoms with Crippen LogP contribution in [-0.2, 0) is 10.0 Å². The molecule has 2 aromatic rings. The Bertz CT molecular complexity index is 1050. The van der Waals surface area contributed by atoms with E-state index in [4.69, 9.17) is 11.6 Å². The quantitative estimate of drug-likeness (QED) is 0.710. The van der Waals surface area contributed by atoms with Crippen molar-refractivity contribution in [1.29, 1.82) is 0 Å². The molecule has 8 nitrogen and oxygen atoms in total. The van der Waals surface area contributed by atoms with Crippen molar-refractivity contribution in [2.45, 2.75) is 23.8 Å². The predicted molar refractivity (Wildman–Crippen MR) is 120 cm³/mol. The van der Waals surface area contributed by atoms with Crippen LogP contribution in [-0.4, -0.2) is 62.8 Å². The van der Waals surface area contributed by atoms with Gasteiger partial charge in [-0.15, -0.1) is 0 Å². The SMILES string of the molecule is CN(C)S(=O)(=O)c1ccc(Cl)c(C(=O)N2CCC(NC(=O)Nc3ccccc3)CC2)c1. The highest BCUT2D eigenvalue weighted by atomic mass is 35.5. The first-order valence-electron chi connectivity index (χ1n) is 9.82. The molecule has 0 spiro atoms. The molecule has 10 heteroatoms. The van der Waals surface area contributed by atoms with Gasteiger partial charge in [0.05, 0.1) is 15.5 Å². The van der Waals surface area contributed by atoms with Crippen LogP contribution in [0.4, 0.5) is 10.5 Å². The highest BCUT2D eigenvalue weighted by Gasteiger charge is 2.27. The number of halogens is 1. The van der Waals surface area contributed by atoms with E-state index < -0.39 is 10.0 Å². The Morgan fingerprint density at radius 1 is 1.06 bits per heavy atom. The van der Waals surface area contributed by atoms with Gasteiger partial charge in [-0.3, -0.25) is 4.79 Å². The third-order valence-corrected chi connectivity index (χ3v) is 7.24. The molecular formula is C21H25ClN4O4S. The number of nitrogens with one attached hydrogen (secondary N) is 2. The Labute approximate surface area is 187 Å². The predicted octanol–water partition coefficient (Wildman–Crippen LogP) is 3.02. The summed E-state index contributed by atoms with van der Waals surface area (Å²) >= 11 is 6.19. The number of piperidine rings is 1. The van der Waals surface area contributed by atoms with Crippen molar-refractivity contribution >= 4 is 39.2 Å². The lowest BCUT2D eigenvalue weighted by Gasteiger charge is -2.32. The normalized spacial score (nSPS) is 15.0. The number of carbonyl (C=O) groups is 2. The van der Waals surface area contributed by atoms with Gasteiger partial charge in [-0.05, 0) is 43.2 Å². The Hall–Kier alpha value is -2.62. The zero-order valence-electron chi connectivity index (χ0n) is 17.3. The van der Waals surface area contributed by atoms with Crippen LogP contribution in [0.3, 0.4) is 0 Å². The number of benzene rings is 2. The molecule has 0 aromatic heterocycles. The van der Waals surface area contributed by atoms with Crippen LogP contribution in [0.5, 0.6) is 0 Å². The van der Waals surface area contributed by atoms with Crippen LogP contribution in [0, 0.1) is 0 Å². The summed E-state index contributed by atoms with van der Waals surface area (Å²) in [5.74, 6) is -0.326. The second-order valence-electron chi connectivity index (χ2n) is 7.46. The molecule has 0 atom stereocenters. The van der Waals surface area contributed by atoms with E-state index in [1.165, 1.54) is 32.3 Å². The first kappa shape index (κ1) is 23.1.